The Bertz CT molecular complexity index is 524. The summed E-state index contributed by atoms with van der Waals surface area (Å²) in [6.45, 7) is 0. The highest BCUT2D eigenvalue weighted by Crippen LogP contribution is 2.21. The van der Waals surface area contributed by atoms with E-state index in [4.69, 9.17) is 11.6 Å². The van der Waals surface area contributed by atoms with Crippen LogP contribution < -0.4 is 0 Å². The van der Waals surface area contributed by atoms with Gasteiger partial charge in [0.2, 0.25) is 0 Å². The number of halogens is 1. The van der Waals surface area contributed by atoms with Gasteiger partial charge in [0.25, 0.3) is 5.69 Å². The average molecular weight is 238 g/mol. The summed E-state index contributed by atoms with van der Waals surface area (Å²) in [4.78, 5) is 17.2. The van der Waals surface area contributed by atoms with Gasteiger partial charge in [0.1, 0.15) is 5.82 Å². The first-order valence-corrected chi connectivity index (χ1v) is 5.09. The molecule has 0 saturated carbocycles. The minimum absolute atomic E-state index is 0.0429. The second kappa shape index (κ2) is 4.32. The highest BCUT2D eigenvalue weighted by atomic mass is 35.5. The summed E-state index contributed by atoms with van der Waals surface area (Å²) >= 11 is 5.63. The molecule has 0 radical (unpaired) electrons. The smallest absolute Gasteiger partial charge is 0.270 e. The topological polar surface area (TPSA) is 71.8 Å². The zero-order valence-corrected chi connectivity index (χ0v) is 8.94. The van der Waals surface area contributed by atoms with Crippen LogP contribution in [0.5, 0.6) is 0 Å². The number of alkyl halides is 1. The molecule has 0 atom stereocenters. The molecule has 0 unspecified atom stereocenters. The molecule has 0 fully saturated rings. The largest absolute Gasteiger partial charge is 0.341 e. The second-order valence-corrected chi connectivity index (χ2v) is 3.47. The molecular formula is C10H8ClN3O2. The van der Waals surface area contributed by atoms with Crippen molar-refractivity contribution in [3.63, 3.8) is 0 Å². The summed E-state index contributed by atoms with van der Waals surface area (Å²) in [5.41, 5.74) is 1.50. The van der Waals surface area contributed by atoms with Crippen molar-refractivity contribution in [2.45, 2.75) is 5.88 Å². The maximum absolute atomic E-state index is 10.6. The minimum Gasteiger partial charge on any atom is -0.341 e. The standard InChI is InChI=1S/C10H8ClN3O2/c11-5-8-6-12-10(13-8)7-2-1-3-9(4-7)14(15)16/h1-4,6H,5H2,(H,12,13). The number of nitro benzene ring substituents is 1. The fourth-order valence-corrected chi connectivity index (χ4v) is 1.48. The zero-order valence-electron chi connectivity index (χ0n) is 8.18. The van der Waals surface area contributed by atoms with E-state index in [-0.39, 0.29) is 5.69 Å². The van der Waals surface area contributed by atoms with Gasteiger partial charge in [-0.25, -0.2) is 4.98 Å². The SMILES string of the molecule is O=[N+]([O-])c1cccc(-c2ncc(CCl)[nH]2)c1. The monoisotopic (exact) mass is 237 g/mol. The van der Waals surface area contributed by atoms with Gasteiger partial charge >= 0.3 is 0 Å². The Morgan fingerprint density at radius 2 is 2.31 bits per heavy atom. The summed E-state index contributed by atoms with van der Waals surface area (Å²) in [6, 6.07) is 6.28. The van der Waals surface area contributed by atoms with Gasteiger partial charge in [-0.15, -0.1) is 11.6 Å². The van der Waals surface area contributed by atoms with Crippen molar-refractivity contribution >= 4 is 17.3 Å². The molecule has 0 bridgehead atoms. The third kappa shape index (κ3) is 2.04. The lowest BCUT2D eigenvalue weighted by atomic mass is 10.2. The first kappa shape index (κ1) is 10.6. The maximum atomic E-state index is 10.6. The number of hydrogen-bond donors (Lipinski definition) is 1. The van der Waals surface area contributed by atoms with Gasteiger partial charge in [0.15, 0.2) is 0 Å². The van der Waals surface area contributed by atoms with Crippen LogP contribution >= 0.6 is 11.6 Å². The number of nitro groups is 1. The van der Waals surface area contributed by atoms with Crippen LogP contribution in [0.25, 0.3) is 11.4 Å². The molecule has 2 aromatic rings. The van der Waals surface area contributed by atoms with E-state index in [2.05, 4.69) is 9.97 Å². The molecule has 6 heteroatoms. The van der Waals surface area contributed by atoms with Crippen LogP contribution in [-0.2, 0) is 5.88 Å². The van der Waals surface area contributed by atoms with Gasteiger partial charge in [-0.2, -0.15) is 0 Å². The number of hydrogen-bond acceptors (Lipinski definition) is 3. The molecule has 0 saturated heterocycles. The van der Waals surface area contributed by atoms with E-state index in [1.807, 2.05) is 0 Å². The minimum atomic E-state index is -0.436. The number of nitrogens with zero attached hydrogens (tertiary/aromatic N) is 2. The van der Waals surface area contributed by atoms with Gasteiger partial charge in [-0.05, 0) is 0 Å². The lowest BCUT2D eigenvalue weighted by Gasteiger charge is -1.96. The van der Waals surface area contributed by atoms with Crippen molar-refractivity contribution in [3.8, 4) is 11.4 Å². The highest BCUT2D eigenvalue weighted by molar-refractivity contribution is 6.16. The molecule has 16 heavy (non-hydrogen) atoms. The molecule has 1 aromatic heterocycles. The Morgan fingerprint density at radius 3 is 2.94 bits per heavy atom. The van der Waals surface area contributed by atoms with Crippen molar-refractivity contribution in [2.24, 2.45) is 0 Å². The van der Waals surface area contributed by atoms with Crippen molar-refractivity contribution in [1.29, 1.82) is 0 Å². The van der Waals surface area contributed by atoms with Gasteiger partial charge in [0, 0.05) is 29.6 Å². The maximum Gasteiger partial charge on any atom is 0.270 e. The molecule has 0 aliphatic rings. The Kier molecular flexibility index (Phi) is 2.87. The summed E-state index contributed by atoms with van der Waals surface area (Å²) < 4.78 is 0. The predicted molar refractivity (Wildman–Crippen MR) is 60.2 cm³/mol. The van der Waals surface area contributed by atoms with Gasteiger partial charge < -0.3 is 4.98 Å². The molecule has 0 amide bonds. The van der Waals surface area contributed by atoms with Crippen LogP contribution in [0, 0.1) is 10.1 Å². The van der Waals surface area contributed by atoms with Gasteiger partial charge in [-0.1, -0.05) is 12.1 Å². The molecule has 1 aromatic carbocycles. The van der Waals surface area contributed by atoms with E-state index in [9.17, 15) is 10.1 Å². The van der Waals surface area contributed by atoms with E-state index in [1.165, 1.54) is 12.1 Å². The molecule has 1 N–H and O–H groups in total. The van der Waals surface area contributed by atoms with E-state index in [0.29, 0.717) is 17.3 Å². The Balaban J connectivity index is 2.40. The average Bonchev–Trinajstić information content (AvgIpc) is 2.77. The first-order chi connectivity index (χ1) is 7.70. The van der Waals surface area contributed by atoms with Gasteiger partial charge in [-0.3, -0.25) is 10.1 Å². The number of benzene rings is 1. The van der Waals surface area contributed by atoms with Crippen LogP contribution in [0.1, 0.15) is 5.69 Å². The van der Waals surface area contributed by atoms with Crippen molar-refractivity contribution < 1.29 is 4.92 Å². The van der Waals surface area contributed by atoms with Crippen LogP contribution in [-0.4, -0.2) is 14.9 Å². The van der Waals surface area contributed by atoms with Crippen molar-refractivity contribution in [1.82, 2.24) is 9.97 Å². The van der Waals surface area contributed by atoms with Crippen LogP contribution in [0.15, 0.2) is 30.5 Å². The molecule has 0 aliphatic carbocycles. The summed E-state index contributed by atoms with van der Waals surface area (Å²) in [7, 11) is 0. The zero-order chi connectivity index (χ0) is 11.5. The second-order valence-electron chi connectivity index (χ2n) is 3.20. The summed E-state index contributed by atoms with van der Waals surface area (Å²) in [6.07, 6.45) is 1.61. The highest BCUT2D eigenvalue weighted by Gasteiger charge is 2.09. The molecule has 2 rings (SSSR count). The number of non-ortho nitro benzene ring substituents is 1. The molecule has 0 aliphatic heterocycles. The third-order valence-corrected chi connectivity index (χ3v) is 2.39. The number of H-pyrrole nitrogens is 1. The number of rotatable bonds is 3. The molecule has 0 spiro atoms. The number of aromatic nitrogens is 2. The number of aromatic amines is 1. The lowest BCUT2D eigenvalue weighted by Crippen LogP contribution is -1.88. The Morgan fingerprint density at radius 1 is 1.50 bits per heavy atom. The summed E-state index contributed by atoms with van der Waals surface area (Å²) in [5, 5.41) is 10.6. The molecule has 82 valence electrons. The Hall–Kier alpha value is -1.88. The fraction of sp³-hybridized carbons (Fsp3) is 0.100. The van der Waals surface area contributed by atoms with Gasteiger partial charge in [0.05, 0.1) is 10.8 Å². The van der Waals surface area contributed by atoms with Crippen molar-refractivity contribution in [2.75, 3.05) is 0 Å². The summed E-state index contributed by atoms with van der Waals surface area (Å²) in [5.74, 6) is 0.918. The molecule has 1 heterocycles. The number of nitrogens with one attached hydrogen (secondary N) is 1. The van der Waals surface area contributed by atoms with E-state index in [0.717, 1.165) is 5.69 Å². The Labute approximate surface area is 96.2 Å². The van der Waals surface area contributed by atoms with E-state index in [1.54, 1.807) is 18.3 Å². The van der Waals surface area contributed by atoms with E-state index < -0.39 is 4.92 Å². The van der Waals surface area contributed by atoms with Crippen LogP contribution in [0.2, 0.25) is 0 Å². The third-order valence-electron chi connectivity index (χ3n) is 2.10. The first-order valence-electron chi connectivity index (χ1n) is 4.55. The van der Waals surface area contributed by atoms with Crippen LogP contribution in [0.4, 0.5) is 5.69 Å². The van der Waals surface area contributed by atoms with Crippen molar-refractivity contribution in [3.05, 3.63) is 46.3 Å². The quantitative estimate of drug-likeness (QED) is 0.507. The number of imidazole rings is 1. The van der Waals surface area contributed by atoms with E-state index >= 15 is 0 Å². The normalized spacial score (nSPS) is 10.3. The predicted octanol–water partition coefficient (Wildman–Crippen LogP) is 2.72. The van der Waals surface area contributed by atoms with Crippen LogP contribution in [0.3, 0.4) is 0 Å². The molecule has 5 nitrogen and oxygen atoms in total. The fourth-order valence-electron chi connectivity index (χ4n) is 1.34. The lowest BCUT2D eigenvalue weighted by molar-refractivity contribution is -0.384. The molecular weight excluding hydrogens is 230 g/mol.